The van der Waals surface area contributed by atoms with Gasteiger partial charge in [0, 0.05) is 17.7 Å². The van der Waals surface area contributed by atoms with Crippen molar-refractivity contribution in [3.63, 3.8) is 0 Å². The predicted octanol–water partition coefficient (Wildman–Crippen LogP) is 2.14. The number of carbonyl (C=O) groups is 2. The predicted molar refractivity (Wildman–Crippen MR) is 144 cm³/mol. The summed E-state index contributed by atoms with van der Waals surface area (Å²) in [7, 11) is 0. The van der Waals surface area contributed by atoms with E-state index in [0.29, 0.717) is 56.8 Å². The van der Waals surface area contributed by atoms with Crippen LogP contribution in [0.1, 0.15) is 29.1 Å². The molecule has 2 N–H and O–H groups in total. The molecule has 1 atom stereocenters. The number of benzene rings is 2. The Hall–Kier alpha value is -5.86. The van der Waals surface area contributed by atoms with Crippen molar-refractivity contribution in [3.05, 3.63) is 89.6 Å². The fourth-order valence-corrected chi connectivity index (χ4v) is 6.05. The van der Waals surface area contributed by atoms with E-state index in [1.54, 1.807) is 24.0 Å². The average Bonchev–Trinajstić information content (AvgIpc) is 3.77. The highest BCUT2D eigenvalue weighted by Gasteiger charge is 2.58. The molecular formula is C27H19FN12O2. The maximum atomic E-state index is 14.7. The third-order valence-corrected chi connectivity index (χ3v) is 7.74. The average molecular weight is 563 g/mol. The zero-order chi connectivity index (χ0) is 28.6. The van der Waals surface area contributed by atoms with Crippen LogP contribution in [0.2, 0.25) is 0 Å². The summed E-state index contributed by atoms with van der Waals surface area (Å²) in [5.74, 6) is 0.0340. The molecule has 0 saturated carbocycles. The van der Waals surface area contributed by atoms with Crippen LogP contribution in [-0.4, -0.2) is 61.7 Å². The molecule has 0 fully saturated rings. The number of rotatable bonds is 4. The second-order valence-electron chi connectivity index (χ2n) is 10.0. The Kier molecular flexibility index (Phi) is 4.89. The molecule has 2 aromatic carbocycles. The number of fused-ring (bicyclic) bond motifs is 5. The van der Waals surface area contributed by atoms with Crippen molar-refractivity contribution in [1.82, 2.24) is 49.9 Å². The Morgan fingerprint density at radius 1 is 1.02 bits per heavy atom. The van der Waals surface area contributed by atoms with Gasteiger partial charge in [-0.2, -0.15) is 14.5 Å². The van der Waals surface area contributed by atoms with Crippen LogP contribution in [0.4, 0.5) is 15.9 Å². The summed E-state index contributed by atoms with van der Waals surface area (Å²) < 4.78 is 16.5. The van der Waals surface area contributed by atoms with Crippen LogP contribution in [0, 0.1) is 12.7 Å². The number of hydrogen-bond acceptors (Lipinski definition) is 9. The van der Waals surface area contributed by atoms with Crippen molar-refractivity contribution >= 4 is 34.5 Å². The number of aryl methyl sites for hydroxylation is 1. The first-order valence-corrected chi connectivity index (χ1v) is 12.9. The van der Waals surface area contributed by atoms with Gasteiger partial charge in [0.15, 0.2) is 17.3 Å². The monoisotopic (exact) mass is 562 g/mol. The van der Waals surface area contributed by atoms with Gasteiger partial charge in [0.1, 0.15) is 28.9 Å². The molecule has 6 heterocycles. The topological polar surface area (TPSA) is 165 Å². The minimum Gasteiger partial charge on any atom is -0.340 e. The van der Waals surface area contributed by atoms with Crippen molar-refractivity contribution in [3.8, 4) is 11.5 Å². The van der Waals surface area contributed by atoms with Gasteiger partial charge in [-0.1, -0.05) is 18.2 Å². The summed E-state index contributed by atoms with van der Waals surface area (Å²) in [5.41, 5.74) is 2.58. The molecular weight excluding hydrogens is 543 g/mol. The van der Waals surface area contributed by atoms with E-state index in [-0.39, 0.29) is 24.8 Å². The summed E-state index contributed by atoms with van der Waals surface area (Å²) in [4.78, 5) is 45.5. The van der Waals surface area contributed by atoms with Crippen molar-refractivity contribution in [2.45, 2.75) is 25.3 Å². The number of nitrogens with one attached hydrogen (secondary N) is 2. The number of amides is 2. The second-order valence-corrected chi connectivity index (χ2v) is 10.0. The number of anilines is 2. The van der Waals surface area contributed by atoms with E-state index in [2.05, 4.69) is 40.8 Å². The number of halogens is 1. The van der Waals surface area contributed by atoms with Crippen LogP contribution in [0.25, 0.3) is 22.7 Å². The Morgan fingerprint density at radius 3 is 2.71 bits per heavy atom. The highest BCUT2D eigenvalue weighted by Crippen LogP contribution is 2.53. The molecule has 2 aliphatic rings. The number of imidazole rings is 1. The second kappa shape index (κ2) is 8.57. The minimum absolute atomic E-state index is 0.00673. The first-order valence-electron chi connectivity index (χ1n) is 12.9. The smallest absolute Gasteiger partial charge is 0.243 e. The maximum absolute atomic E-state index is 14.7. The molecule has 2 amide bonds. The van der Waals surface area contributed by atoms with Gasteiger partial charge in [0.2, 0.25) is 11.8 Å². The third kappa shape index (κ3) is 3.21. The first-order chi connectivity index (χ1) is 20.5. The standard InChI is InChI=1S/C27H19FN12O2/c1-14-21-24(40(35-14)25-22-23(30-12-29-22)31-13-32-25)33-20(41)10-27(21)17-4-2-3-5-18(17)38(26(27)42)11-19-34-36-37-39(19)16-8-6-15(28)7-9-16/h2-9,12-13H,10-11H2,1H3,(H,33,41)(H,29,30,31,32). The molecule has 4 aromatic heterocycles. The van der Waals surface area contributed by atoms with Crippen LogP contribution in [0.3, 0.4) is 0 Å². The van der Waals surface area contributed by atoms with E-state index in [9.17, 15) is 14.0 Å². The highest BCUT2D eigenvalue weighted by molar-refractivity contribution is 6.16. The van der Waals surface area contributed by atoms with Crippen molar-refractivity contribution < 1.29 is 14.0 Å². The molecule has 15 heteroatoms. The Bertz CT molecular complexity index is 2060. The van der Waals surface area contributed by atoms with Crippen LogP contribution < -0.4 is 10.2 Å². The van der Waals surface area contributed by atoms with Crippen molar-refractivity contribution in [1.29, 1.82) is 0 Å². The van der Waals surface area contributed by atoms with Crippen LogP contribution in [0.15, 0.2) is 61.2 Å². The van der Waals surface area contributed by atoms with Crippen LogP contribution in [-0.2, 0) is 21.5 Å². The summed E-state index contributed by atoms with van der Waals surface area (Å²) in [6.45, 7) is 1.81. The zero-order valence-electron chi connectivity index (χ0n) is 21.9. The summed E-state index contributed by atoms with van der Waals surface area (Å²) in [6, 6.07) is 13.1. The normalized spacial score (nSPS) is 17.6. The van der Waals surface area contributed by atoms with Gasteiger partial charge < -0.3 is 15.2 Å². The number of hydrogen-bond donors (Lipinski definition) is 2. The first kappa shape index (κ1) is 24.0. The molecule has 0 saturated heterocycles. The fraction of sp³-hybridized carbons (Fsp3) is 0.148. The lowest BCUT2D eigenvalue weighted by atomic mass is 9.70. The van der Waals surface area contributed by atoms with Crippen molar-refractivity contribution in [2.24, 2.45) is 0 Å². The zero-order valence-corrected chi connectivity index (χ0v) is 21.9. The van der Waals surface area contributed by atoms with E-state index in [1.807, 2.05) is 24.3 Å². The highest BCUT2D eigenvalue weighted by atomic mass is 19.1. The molecule has 206 valence electrons. The Labute approximate surface area is 235 Å². The van der Waals surface area contributed by atoms with E-state index in [4.69, 9.17) is 5.10 Å². The molecule has 42 heavy (non-hydrogen) atoms. The van der Waals surface area contributed by atoms with Crippen LogP contribution >= 0.6 is 0 Å². The number of tetrazole rings is 1. The lowest BCUT2D eigenvalue weighted by molar-refractivity contribution is -0.126. The van der Waals surface area contributed by atoms with Gasteiger partial charge in [-0.15, -0.1) is 5.10 Å². The molecule has 6 aromatic rings. The van der Waals surface area contributed by atoms with E-state index in [1.165, 1.54) is 34.2 Å². The number of carbonyl (C=O) groups excluding carboxylic acids is 2. The lowest BCUT2D eigenvalue weighted by Gasteiger charge is -2.33. The number of aromatic nitrogens is 10. The molecule has 1 unspecified atom stereocenters. The molecule has 14 nitrogen and oxygen atoms in total. The Morgan fingerprint density at radius 2 is 1.86 bits per heavy atom. The van der Waals surface area contributed by atoms with Gasteiger partial charge in [-0.3, -0.25) is 9.59 Å². The molecule has 1 spiro atoms. The SMILES string of the molecule is Cc1nn(-c2ncnc3nc[nH]c23)c2c1C1(CC(=O)N2)C(=O)N(Cc2nnnn2-c2ccc(F)cc2)c2ccccc21. The molecule has 8 rings (SSSR count). The van der Waals surface area contributed by atoms with Crippen LogP contribution in [0.5, 0.6) is 0 Å². The lowest BCUT2D eigenvalue weighted by Crippen LogP contribution is -2.47. The molecule has 0 aliphatic carbocycles. The molecule has 2 aliphatic heterocycles. The van der Waals surface area contributed by atoms with Gasteiger partial charge in [0.25, 0.3) is 0 Å². The third-order valence-electron chi connectivity index (χ3n) is 7.74. The maximum Gasteiger partial charge on any atom is 0.243 e. The number of nitrogens with zero attached hydrogens (tertiary/aromatic N) is 10. The van der Waals surface area contributed by atoms with E-state index < -0.39 is 11.2 Å². The number of H-pyrrole nitrogens is 1. The molecule has 0 radical (unpaired) electrons. The summed E-state index contributed by atoms with van der Waals surface area (Å²) in [6.07, 6.45) is 2.75. The van der Waals surface area contributed by atoms with Gasteiger partial charge in [-0.05, 0) is 53.2 Å². The minimum atomic E-state index is -1.36. The van der Waals surface area contributed by atoms with Crippen molar-refractivity contribution in [2.75, 3.05) is 10.2 Å². The number of aromatic amines is 1. The number of para-hydroxylation sites is 1. The van der Waals surface area contributed by atoms with E-state index in [0.717, 1.165) is 0 Å². The van der Waals surface area contributed by atoms with Gasteiger partial charge in [0.05, 0.1) is 24.3 Å². The van der Waals surface area contributed by atoms with Gasteiger partial charge >= 0.3 is 0 Å². The van der Waals surface area contributed by atoms with Gasteiger partial charge in [-0.25, -0.2) is 19.3 Å². The summed E-state index contributed by atoms with van der Waals surface area (Å²) >= 11 is 0. The summed E-state index contributed by atoms with van der Waals surface area (Å²) in [5, 5.41) is 19.7. The molecule has 0 bridgehead atoms. The quantitative estimate of drug-likeness (QED) is 0.327. The van der Waals surface area contributed by atoms with E-state index >= 15 is 0 Å². The fourth-order valence-electron chi connectivity index (χ4n) is 6.05. The largest absolute Gasteiger partial charge is 0.340 e. The Balaban J connectivity index is 1.29.